The second-order valence-corrected chi connectivity index (χ2v) is 6.33. The molecule has 6 nitrogen and oxygen atoms in total. The van der Waals surface area contributed by atoms with E-state index in [1.165, 1.54) is 25.7 Å². The van der Waals surface area contributed by atoms with Crippen molar-refractivity contribution < 1.29 is 4.52 Å². The normalized spacial score (nSPS) is 15.7. The lowest BCUT2D eigenvalue weighted by Crippen LogP contribution is -2.43. The molecular formula is C17H22ClN5O. The van der Waals surface area contributed by atoms with E-state index >= 15 is 0 Å². The quantitative estimate of drug-likeness (QED) is 0.642. The van der Waals surface area contributed by atoms with Crippen molar-refractivity contribution in [1.29, 1.82) is 0 Å². The summed E-state index contributed by atoms with van der Waals surface area (Å²) in [6, 6.07) is 7.95. The Kier molecular flexibility index (Phi) is 5.69. The van der Waals surface area contributed by atoms with E-state index in [1.54, 1.807) is 7.05 Å². The maximum atomic E-state index is 5.99. The van der Waals surface area contributed by atoms with E-state index in [0.717, 1.165) is 11.5 Å². The Morgan fingerprint density at radius 3 is 2.96 bits per heavy atom. The van der Waals surface area contributed by atoms with Crippen molar-refractivity contribution in [2.75, 3.05) is 13.6 Å². The maximum Gasteiger partial charge on any atom is 0.228 e. The largest absolute Gasteiger partial charge is 0.356 e. The molecule has 128 valence electrons. The Labute approximate surface area is 146 Å². The summed E-state index contributed by atoms with van der Waals surface area (Å²) in [5.74, 6) is 1.98. The number of nitrogens with one attached hydrogen (secondary N) is 2. The van der Waals surface area contributed by atoms with Gasteiger partial charge in [-0.25, -0.2) is 0 Å². The van der Waals surface area contributed by atoms with Crippen LogP contribution < -0.4 is 10.6 Å². The minimum absolute atomic E-state index is 0.536. The molecule has 0 aliphatic heterocycles. The van der Waals surface area contributed by atoms with Gasteiger partial charge in [0.15, 0.2) is 5.96 Å². The molecule has 0 radical (unpaired) electrons. The Balaban J connectivity index is 1.50. The molecule has 1 heterocycles. The van der Waals surface area contributed by atoms with E-state index in [1.807, 2.05) is 24.3 Å². The van der Waals surface area contributed by atoms with Crippen molar-refractivity contribution in [3.8, 4) is 11.4 Å². The van der Waals surface area contributed by atoms with Gasteiger partial charge in [-0.05, 0) is 25.0 Å². The van der Waals surface area contributed by atoms with E-state index < -0.39 is 0 Å². The molecule has 1 saturated carbocycles. The van der Waals surface area contributed by atoms with Crippen molar-refractivity contribution in [1.82, 2.24) is 20.8 Å². The average molecular weight is 348 g/mol. The maximum absolute atomic E-state index is 5.99. The molecule has 1 aromatic heterocycles. The first-order valence-electron chi connectivity index (χ1n) is 8.30. The van der Waals surface area contributed by atoms with E-state index in [9.17, 15) is 0 Å². The van der Waals surface area contributed by atoms with Gasteiger partial charge in [-0.3, -0.25) is 4.99 Å². The van der Waals surface area contributed by atoms with Gasteiger partial charge in [0.05, 0.1) is 0 Å². The minimum Gasteiger partial charge on any atom is -0.356 e. The van der Waals surface area contributed by atoms with Gasteiger partial charge in [0.1, 0.15) is 0 Å². The fourth-order valence-electron chi connectivity index (χ4n) is 2.85. The van der Waals surface area contributed by atoms with E-state index in [2.05, 4.69) is 25.8 Å². The third kappa shape index (κ3) is 4.47. The lowest BCUT2D eigenvalue weighted by Gasteiger charge is -2.16. The lowest BCUT2D eigenvalue weighted by molar-refractivity contribution is 0.378. The molecule has 3 rings (SSSR count). The molecule has 0 spiro atoms. The zero-order valence-corrected chi connectivity index (χ0v) is 14.5. The highest BCUT2D eigenvalue weighted by Crippen LogP contribution is 2.20. The van der Waals surface area contributed by atoms with Crippen LogP contribution in [-0.2, 0) is 6.42 Å². The summed E-state index contributed by atoms with van der Waals surface area (Å²) in [6.07, 6.45) is 5.66. The van der Waals surface area contributed by atoms with Crippen molar-refractivity contribution in [2.24, 2.45) is 4.99 Å². The molecule has 0 atom stereocenters. The van der Waals surface area contributed by atoms with Crippen LogP contribution in [0.1, 0.15) is 31.6 Å². The number of nitrogens with zero attached hydrogens (tertiary/aromatic N) is 3. The molecule has 0 bridgehead atoms. The van der Waals surface area contributed by atoms with Crippen molar-refractivity contribution in [2.45, 2.75) is 38.1 Å². The van der Waals surface area contributed by atoms with Gasteiger partial charge in [-0.15, -0.1) is 0 Å². The molecule has 0 amide bonds. The summed E-state index contributed by atoms with van der Waals surface area (Å²) in [5, 5.41) is 11.4. The zero-order valence-electron chi connectivity index (χ0n) is 13.8. The molecule has 2 N–H and O–H groups in total. The van der Waals surface area contributed by atoms with Crippen LogP contribution in [0.2, 0.25) is 5.02 Å². The van der Waals surface area contributed by atoms with Crippen LogP contribution in [0.4, 0.5) is 0 Å². The summed E-state index contributed by atoms with van der Waals surface area (Å²) < 4.78 is 5.30. The number of benzene rings is 1. The Morgan fingerprint density at radius 2 is 2.21 bits per heavy atom. The molecule has 2 aromatic rings. The first kappa shape index (κ1) is 16.8. The monoisotopic (exact) mass is 347 g/mol. The number of rotatable bonds is 5. The van der Waals surface area contributed by atoms with Crippen LogP contribution in [0.15, 0.2) is 33.8 Å². The van der Waals surface area contributed by atoms with Crippen molar-refractivity contribution >= 4 is 17.6 Å². The molecule has 0 saturated heterocycles. The van der Waals surface area contributed by atoms with E-state index in [4.69, 9.17) is 16.1 Å². The van der Waals surface area contributed by atoms with Crippen molar-refractivity contribution in [3.63, 3.8) is 0 Å². The van der Waals surface area contributed by atoms with Gasteiger partial charge >= 0.3 is 0 Å². The topological polar surface area (TPSA) is 75.3 Å². The highest BCUT2D eigenvalue weighted by atomic mass is 35.5. The standard InChI is InChI=1S/C17H22ClN5O/c1-19-17(21-14-7-2-3-8-14)20-10-9-15-22-16(23-24-15)12-5-4-6-13(18)11-12/h4-6,11,14H,2-3,7-10H2,1H3,(H2,19,20,21). The first-order chi connectivity index (χ1) is 11.7. The van der Waals surface area contributed by atoms with Crippen LogP contribution in [0.5, 0.6) is 0 Å². The molecular weight excluding hydrogens is 326 g/mol. The number of halogens is 1. The SMILES string of the molecule is CN=C(NCCc1nc(-c2cccc(Cl)c2)no1)NC1CCCC1. The second kappa shape index (κ2) is 8.15. The van der Waals surface area contributed by atoms with Crippen LogP contribution in [-0.4, -0.2) is 35.7 Å². The number of hydrogen-bond donors (Lipinski definition) is 2. The number of aromatic nitrogens is 2. The highest BCUT2D eigenvalue weighted by molar-refractivity contribution is 6.30. The Morgan fingerprint density at radius 1 is 1.38 bits per heavy atom. The predicted molar refractivity (Wildman–Crippen MR) is 95.2 cm³/mol. The Hall–Kier alpha value is -2.08. The van der Waals surface area contributed by atoms with Crippen LogP contribution in [0, 0.1) is 0 Å². The minimum atomic E-state index is 0.536. The van der Waals surface area contributed by atoms with Gasteiger partial charge in [0, 0.05) is 36.6 Å². The van der Waals surface area contributed by atoms with Gasteiger partial charge in [-0.1, -0.05) is 41.7 Å². The molecule has 1 aromatic carbocycles. The molecule has 1 fully saturated rings. The fourth-order valence-corrected chi connectivity index (χ4v) is 3.04. The molecule has 0 unspecified atom stereocenters. The molecule has 1 aliphatic rings. The summed E-state index contributed by atoms with van der Waals surface area (Å²) in [5.41, 5.74) is 0.851. The number of guanidine groups is 1. The smallest absolute Gasteiger partial charge is 0.228 e. The lowest BCUT2D eigenvalue weighted by atomic mass is 10.2. The van der Waals surface area contributed by atoms with Crippen LogP contribution in [0.25, 0.3) is 11.4 Å². The molecule has 24 heavy (non-hydrogen) atoms. The predicted octanol–water partition coefficient (Wildman–Crippen LogP) is 3.04. The summed E-state index contributed by atoms with van der Waals surface area (Å²) >= 11 is 5.99. The van der Waals surface area contributed by atoms with Gasteiger partial charge in [-0.2, -0.15) is 4.98 Å². The average Bonchev–Trinajstić information content (AvgIpc) is 3.25. The summed E-state index contributed by atoms with van der Waals surface area (Å²) in [6.45, 7) is 0.684. The first-order valence-corrected chi connectivity index (χ1v) is 8.68. The fraction of sp³-hybridized carbons (Fsp3) is 0.471. The summed E-state index contributed by atoms with van der Waals surface area (Å²) in [7, 11) is 1.79. The highest BCUT2D eigenvalue weighted by Gasteiger charge is 2.16. The van der Waals surface area contributed by atoms with Crippen LogP contribution in [0.3, 0.4) is 0 Å². The van der Waals surface area contributed by atoms with E-state index in [-0.39, 0.29) is 0 Å². The summed E-state index contributed by atoms with van der Waals surface area (Å²) in [4.78, 5) is 8.67. The van der Waals surface area contributed by atoms with E-state index in [0.29, 0.717) is 35.7 Å². The zero-order chi connectivity index (χ0) is 16.8. The van der Waals surface area contributed by atoms with Crippen molar-refractivity contribution in [3.05, 3.63) is 35.2 Å². The molecule has 1 aliphatic carbocycles. The third-order valence-electron chi connectivity index (χ3n) is 4.10. The molecule has 7 heteroatoms. The van der Waals surface area contributed by atoms with Gasteiger partial charge < -0.3 is 15.2 Å². The van der Waals surface area contributed by atoms with Crippen LogP contribution >= 0.6 is 11.6 Å². The third-order valence-corrected chi connectivity index (χ3v) is 4.34. The number of hydrogen-bond acceptors (Lipinski definition) is 4. The van der Waals surface area contributed by atoms with Gasteiger partial charge in [0.25, 0.3) is 0 Å². The second-order valence-electron chi connectivity index (χ2n) is 5.90. The Bertz CT molecular complexity index is 694. The number of aliphatic imine (C=N–C) groups is 1. The van der Waals surface area contributed by atoms with Gasteiger partial charge in [0.2, 0.25) is 11.7 Å².